The van der Waals surface area contributed by atoms with E-state index < -0.39 is 0 Å². The summed E-state index contributed by atoms with van der Waals surface area (Å²) in [6.07, 6.45) is 1.10. The van der Waals surface area contributed by atoms with Gasteiger partial charge in [0.15, 0.2) is 0 Å². The topological polar surface area (TPSA) is 12.0 Å². The van der Waals surface area contributed by atoms with Gasteiger partial charge in [-0.25, -0.2) is 0 Å². The Morgan fingerprint density at radius 1 is 1.00 bits per heavy atom. The third-order valence-electron chi connectivity index (χ3n) is 3.10. The summed E-state index contributed by atoms with van der Waals surface area (Å²) in [4.78, 5) is 0. The van der Waals surface area contributed by atoms with Crippen LogP contribution in [0.3, 0.4) is 0 Å². The molecule has 0 aromatic heterocycles. The van der Waals surface area contributed by atoms with Crippen LogP contribution in [0.15, 0.2) is 46.9 Å². The molecule has 0 bridgehead atoms. The van der Waals surface area contributed by atoms with Crippen LogP contribution in [-0.2, 0) is 13.0 Å². The standard InChI is InChI=1S/C16H18BrN/c1-3-13-5-7-14(8-6-13)11-18-15-9-4-12(2)16(17)10-15/h4-10,18H,3,11H2,1-2H3. The minimum Gasteiger partial charge on any atom is -0.381 e. The van der Waals surface area contributed by atoms with Crippen molar-refractivity contribution in [3.05, 3.63) is 63.6 Å². The van der Waals surface area contributed by atoms with Crippen molar-refractivity contribution < 1.29 is 0 Å². The molecule has 1 N–H and O–H groups in total. The summed E-state index contributed by atoms with van der Waals surface area (Å²) in [5, 5.41) is 3.44. The van der Waals surface area contributed by atoms with Crippen molar-refractivity contribution in [3.8, 4) is 0 Å². The van der Waals surface area contributed by atoms with Gasteiger partial charge in [-0.05, 0) is 42.2 Å². The lowest BCUT2D eigenvalue weighted by atomic mass is 10.1. The quantitative estimate of drug-likeness (QED) is 0.844. The third kappa shape index (κ3) is 3.36. The van der Waals surface area contributed by atoms with Crippen molar-refractivity contribution >= 4 is 21.6 Å². The second kappa shape index (κ2) is 6.05. The number of halogens is 1. The zero-order valence-electron chi connectivity index (χ0n) is 10.8. The average molecular weight is 304 g/mol. The highest BCUT2D eigenvalue weighted by molar-refractivity contribution is 9.10. The molecule has 94 valence electrons. The van der Waals surface area contributed by atoms with Crippen molar-refractivity contribution in [3.63, 3.8) is 0 Å². The first-order valence-electron chi connectivity index (χ1n) is 6.27. The first-order valence-corrected chi connectivity index (χ1v) is 7.06. The maximum absolute atomic E-state index is 3.55. The van der Waals surface area contributed by atoms with Gasteiger partial charge in [0.05, 0.1) is 0 Å². The van der Waals surface area contributed by atoms with Crippen molar-refractivity contribution in [1.82, 2.24) is 0 Å². The van der Waals surface area contributed by atoms with E-state index in [1.165, 1.54) is 16.7 Å². The fraction of sp³-hybridized carbons (Fsp3) is 0.250. The van der Waals surface area contributed by atoms with E-state index in [-0.39, 0.29) is 0 Å². The van der Waals surface area contributed by atoms with Gasteiger partial charge >= 0.3 is 0 Å². The Morgan fingerprint density at radius 2 is 1.67 bits per heavy atom. The molecule has 2 heteroatoms. The molecule has 0 amide bonds. The summed E-state index contributed by atoms with van der Waals surface area (Å²) in [6.45, 7) is 5.13. The fourth-order valence-electron chi connectivity index (χ4n) is 1.80. The van der Waals surface area contributed by atoms with Gasteiger partial charge in [0.1, 0.15) is 0 Å². The summed E-state index contributed by atoms with van der Waals surface area (Å²) in [5.74, 6) is 0. The molecule has 0 atom stereocenters. The minimum atomic E-state index is 0.861. The summed E-state index contributed by atoms with van der Waals surface area (Å²) in [6, 6.07) is 15.1. The smallest absolute Gasteiger partial charge is 0.0400 e. The van der Waals surface area contributed by atoms with Gasteiger partial charge in [0.25, 0.3) is 0 Å². The number of hydrogen-bond donors (Lipinski definition) is 1. The fourth-order valence-corrected chi connectivity index (χ4v) is 2.18. The van der Waals surface area contributed by atoms with Crippen molar-refractivity contribution in [1.29, 1.82) is 0 Å². The SMILES string of the molecule is CCc1ccc(CNc2ccc(C)c(Br)c2)cc1. The Balaban J connectivity index is 1.99. The van der Waals surface area contributed by atoms with E-state index in [1.807, 2.05) is 0 Å². The minimum absolute atomic E-state index is 0.861. The molecular weight excluding hydrogens is 286 g/mol. The molecule has 0 aliphatic rings. The molecule has 2 aromatic carbocycles. The lowest BCUT2D eigenvalue weighted by Gasteiger charge is -2.08. The van der Waals surface area contributed by atoms with E-state index in [9.17, 15) is 0 Å². The van der Waals surface area contributed by atoms with Gasteiger partial charge in [-0.2, -0.15) is 0 Å². The molecule has 0 aliphatic heterocycles. The molecule has 2 aromatic rings. The van der Waals surface area contributed by atoms with Crippen LogP contribution in [0.5, 0.6) is 0 Å². The van der Waals surface area contributed by atoms with Crippen LogP contribution in [0.1, 0.15) is 23.6 Å². The number of nitrogens with one attached hydrogen (secondary N) is 1. The van der Waals surface area contributed by atoms with Crippen LogP contribution >= 0.6 is 15.9 Å². The molecular formula is C16H18BrN. The molecule has 0 spiro atoms. The predicted molar refractivity (Wildman–Crippen MR) is 82.0 cm³/mol. The Hall–Kier alpha value is -1.28. The highest BCUT2D eigenvalue weighted by Crippen LogP contribution is 2.21. The molecule has 0 fully saturated rings. The molecule has 0 radical (unpaired) electrons. The van der Waals surface area contributed by atoms with E-state index in [2.05, 4.69) is 77.6 Å². The van der Waals surface area contributed by atoms with E-state index in [0.717, 1.165) is 23.1 Å². The highest BCUT2D eigenvalue weighted by Gasteiger charge is 1.98. The van der Waals surface area contributed by atoms with Crippen LogP contribution in [0.4, 0.5) is 5.69 Å². The molecule has 0 aliphatic carbocycles. The van der Waals surface area contributed by atoms with Gasteiger partial charge in [-0.15, -0.1) is 0 Å². The van der Waals surface area contributed by atoms with E-state index in [1.54, 1.807) is 0 Å². The van der Waals surface area contributed by atoms with Crippen LogP contribution in [-0.4, -0.2) is 0 Å². The second-order valence-electron chi connectivity index (χ2n) is 4.49. The first kappa shape index (κ1) is 13.2. The zero-order valence-corrected chi connectivity index (χ0v) is 12.4. The lowest BCUT2D eigenvalue weighted by molar-refractivity contribution is 1.10. The monoisotopic (exact) mass is 303 g/mol. The second-order valence-corrected chi connectivity index (χ2v) is 5.34. The molecule has 0 unspecified atom stereocenters. The van der Waals surface area contributed by atoms with Crippen LogP contribution < -0.4 is 5.32 Å². The van der Waals surface area contributed by atoms with Gasteiger partial charge in [0, 0.05) is 16.7 Å². The highest BCUT2D eigenvalue weighted by atomic mass is 79.9. The third-order valence-corrected chi connectivity index (χ3v) is 3.95. The molecule has 1 nitrogen and oxygen atoms in total. The van der Waals surface area contributed by atoms with Gasteiger partial charge < -0.3 is 5.32 Å². The summed E-state index contributed by atoms with van der Waals surface area (Å²) in [7, 11) is 0. The zero-order chi connectivity index (χ0) is 13.0. The number of rotatable bonds is 4. The van der Waals surface area contributed by atoms with Crippen molar-refractivity contribution in [2.75, 3.05) is 5.32 Å². The summed E-state index contributed by atoms with van der Waals surface area (Å²) >= 11 is 3.55. The first-order chi connectivity index (χ1) is 8.69. The summed E-state index contributed by atoms with van der Waals surface area (Å²) < 4.78 is 1.15. The average Bonchev–Trinajstić information content (AvgIpc) is 2.41. The lowest BCUT2D eigenvalue weighted by Crippen LogP contribution is -1.99. The van der Waals surface area contributed by atoms with Crippen LogP contribution in [0, 0.1) is 6.92 Å². The van der Waals surface area contributed by atoms with Crippen LogP contribution in [0.25, 0.3) is 0 Å². The van der Waals surface area contributed by atoms with Crippen molar-refractivity contribution in [2.45, 2.75) is 26.8 Å². The Kier molecular flexibility index (Phi) is 4.43. The van der Waals surface area contributed by atoms with Gasteiger partial charge in [-0.1, -0.05) is 53.2 Å². The van der Waals surface area contributed by atoms with Gasteiger partial charge in [0.2, 0.25) is 0 Å². The van der Waals surface area contributed by atoms with Gasteiger partial charge in [-0.3, -0.25) is 0 Å². The Morgan fingerprint density at radius 3 is 2.28 bits per heavy atom. The molecule has 0 saturated carbocycles. The predicted octanol–water partition coefficient (Wildman–Crippen LogP) is 4.93. The molecule has 2 rings (SSSR count). The van der Waals surface area contributed by atoms with E-state index in [0.29, 0.717) is 0 Å². The van der Waals surface area contributed by atoms with Crippen molar-refractivity contribution in [2.24, 2.45) is 0 Å². The largest absolute Gasteiger partial charge is 0.381 e. The maximum atomic E-state index is 3.55. The van der Waals surface area contributed by atoms with E-state index in [4.69, 9.17) is 0 Å². The Bertz CT molecular complexity index is 517. The van der Waals surface area contributed by atoms with E-state index >= 15 is 0 Å². The normalized spacial score (nSPS) is 10.4. The number of aryl methyl sites for hydroxylation is 2. The number of benzene rings is 2. The summed E-state index contributed by atoms with van der Waals surface area (Å²) in [5.41, 5.74) is 5.10. The molecule has 0 saturated heterocycles. The molecule has 0 heterocycles. The Labute approximate surface area is 117 Å². The maximum Gasteiger partial charge on any atom is 0.0400 e. The molecule has 18 heavy (non-hydrogen) atoms. The number of hydrogen-bond acceptors (Lipinski definition) is 1. The van der Waals surface area contributed by atoms with Crippen LogP contribution in [0.2, 0.25) is 0 Å². The number of anilines is 1.